The SMILES string of the molecule is CC(C)Nc1ccn(C2OC(COP(O)(=S)NC(=O)c3ccccc3)PC2(F)F)c(=O)n1. The van der Waals surface area contributed by atoms with E-state index in [0.717, 1.165) is 0 Å². The summed E-state index contributed by atoms with van der Waals surface area (Å²) in [7, 11) is -1.06. The zero-order chi connectivity index (χ0) is 23.5. The highest BCUT2D eigenvalue weighted by Crippen LogP contribution is 2.55. The van der Waals surface area contributed by atoms with Crippen molar-refractivity contribution in [2.45, 2.75) is 37.6 Å². The van der Waals surface area contributed by atoms with E-state index in [-0.39, 0.29) is 17.4 Å². The van der Waals surface area contributed by atoms with Gasteiger partial charge in [-0.1, -0.05) is 18.2 Å². The van der Waals surface area contributed by atoms with Crippen LogP contribution >= 0.6 is 15.2 Å². The third kappa shape index (κ3) is 6.37. The molecule has 1 amide bonds. The Morgan fingerprint density at radius 3 is 2.72 bits per heavy atom. The summed E-state index contributed by atoms with van der Waals surface area (Å²) < 4.78 is 40.3. The van der Waals surface area contributed by atoms with Crippen molar-refractivity contribution in [1.29, 1.82) is 0 Å². The van der Waals surface area contributed by atoms with Crippen molar-refractivity contribution in [3.05, 3.63) is 58.6 Å². The minimum absolute atomic E-state index is 0.00721. The van der Waals surface area contributed by atoms with Crippen LogP contribution in [0.1, 0.15) is 30.4 Å². The van der Waals surface area contributed by atoms with Crippen LogP contribution in [0.5, 0.6) is 0 Å². The van der Waals surface area contributed by atoms with Crippen molar-refractivity contribution in [2.75, 3.05) is 11.9 Å². The van der Waals surface area contributed by atoms with E-state index in [1.54, 1.807) is 18.2 Å². The van der Waals surface area contributed by atoms with Crippen molar-refractivity contribution in [3.63, 3.8) is 0 Å². The van der Waals surface area contributed by atoms with Crippen LogP contribution in [-0.2, 0) is 21.1 Å². The molecular formula is C18H22F2N4O5P2S. The molecule has 1 aliphatic heterocycles. The van der Waals surface area contributed by atoms with Crippen molar-refractivity contribution >= 4 is 38.8 Å². The lowest BCUT2D eigenvalue weighted by atomic mass is 10.2. The zero-order valence-corrected chi connectivity index (χ0v) is 19.8. The molecule has 9 nitrogen and oxygen atoms in total. The molecule has 2 heterocycles. The average molecular weight is 506 g/mol. The fraction of sp³-hybridized carbons (Fsp3) is 0.389. The summed E-state index contributed by atoms with van der Waals surface area (Å²) in [6, 6.07) is 9.43. The second-order valence-corrected chi connectivity index (χ2v) is 11.8. The predicted molar refractivity (Wildman–Crippen MR) is 121 cm³/mol. The van der Waals surface area contributed by atoms with Crippen LogP contribution in [0.3, 0.4) is 0 Å². The number of nitrogens with one attached hydrogen (secondary N) is 2. The summed E-state index contributed by atoms with van der Waals surface area (Å²) in [4.78, 5) is 38.4. The maximum Gasteiger partial charge on any atom is 0.351 e. The van der Waals surface area contributed by atoms with Crippen molar-refractivity contribution in [3.8, 4) is 0 Å². The van der Waals surface area contributed by atoms with E-state index in [1.807, 2.05) is 13.8 Å². The maximum atomic E-state index is 14.6. The first-order valence-electron chi connectivity index (χ1n) is 9.48. The summed E-state index contributed by atoms with van der Waals surface area (Å²) >= 11 is 4.90. The van der Waals surface area contributed by atoms with Gasteiger partial charge in [-0.05, 0) is 52.4 Å². The van der Waals surface area contributed by atoms with Gasteiger partial charge < -0.3 is 19.5 Å². The molecule has 1 aromatic heterocycles. The van der Waals surface area contributed by atoms with Crippen molar-refractivity contribution < 1.29 is 27.7 Å². The third-order valence-electron chi connectivity index (χ3n) is 4.16. The molecule has 0 bridgehead atoms. The van der Waals surface area contributed by atoms with E-state index in [2.05, 4.69) is 15.4 Å². The summed E-state index contributed by atoms with van der Waals surface area (Å²) in [5, 5.41) is 5.12. The molecule has 32 heavy (non-hydrogen) atoms. The number of halogens is 2. The molecule has 4 unspecified atom stereocenters. The van der Waals surface area contributed by atoms with Gasteiger partial charge in [-0.2, -0.15) is 13.8 Å². The molecule has 1 aromatic carbocycles. The Bertz CT molecular complexity index is 1070. The molecule has 1 fully saturated rings. The molecule has 4 atom stereocenters. The number of nitrogens with zero attached hydrogens (tertiary/aromatic N) is 2. The van der Waals surface area contributed by atoms with Crippen LogP contribution in [0.25, 0.3) is 0 Å². The highest BCUT2D eigenvalue weighted by atomic mass is 32.5. The highest BCUT2D eigenvalue weighted by molar-refractivity contribution is 8.08. The summed E-state index contributed by atoms with van der Waals surface area (Å²) in [6.45, 7) is -0.598. The molecule has 14 heteroatoms. The number of hydrogen-bond acceptors (Lipinski definition) is 7. The van der Waals surface area contributed by atoms with Crippen LogP contribution in [0.4, 0.5) is 14.6 Å². The average Bonchev–Trinajstić information content (AvgIpc) is 3.01. The number of carbonyl (C=O) groups excluding carboxylic acids is 1. The molecule has 0 radical (unpaired) electrons. The third-order valence-corrected chi connectivity index (χ3v) is 6.99. The number of amides is 1. The van der Waals surface area contributed by atoms with E-state index in [1.165, 1.54) is 24.4 Å². The van der Waals surface area contributed by atoms with Crippen LogP contribution in [-0.4, -0.2) is 44.5 Å². The zero-order valence-electron chi connectivity index (χ0n) is 17.1. The number of benzene rings is 1. The Morgan fingerprint density at radius 2 is 2.09 bits per heavy atom. The first-order valence-corrected chi connectivity index (χ1v) is 13.2. The Kier molecular flexibility index (Phi) is 7.75. The molecule has 174 valence electrons. The highest BCUT2D eigenvalue weighted by Gasteiger charge is 2.52. The number of anilines is 1. The summed E-state index contributed by atoms with van der Waals surface area (Å²) in [6.07, 6.45) is -0.693. The van der Waals surface area contributed by atoms with Crippen molar-refractivity contribution in [2.24, 2.45) is 0 Å². The van der Waals surface area contributed by atoms with Crippen LogP contribution in [0, 0.1) is 0 Å². The topological polar surface area (TPSA) is 115 Å². The number of carbonyl (C=O) groups is 1. The second-order valence-electron chi connectivity index (χ2n) is 7.17. The predicted octanol–water partition coefficient (Wildman–Crippen LogP) is 2.85. The van der Waals surface area contributed by atoms with Gasteiger partial charge in [0.1, 0.15) is 11.7 Å². The Morgan fingerprint density at radius 1 is 1.41 bits per heavy atom. The van der Waals surface area contributed by atoms with E-state index in [0.29, 0.717) is 4.57 Å². The van der Waals surface area contributed by atoms with Crippen LogP contribution in [0.15, 0.2) is 47.4 Å². The lowest BCUT2D eigenvalue weighted by molar-refractivity contribution is -0.110. The second kappa shape index (κ2) is 9.99. The number of alkyl halides is 2. The Hall–Kier alpha value is -1.81. The standard InChI is InChI=1S/C18H22F2N4O5P2S/c1-11(2)21-13-8-9-24(17(26)22-13)16-18(19,20)30-14(29-16)10-28-31(27,32)23-15(25)12-6-4-3-5-7-12/h3-9,11,14,16,30H,10H2,1-2H3,(H,21,22,26)(H2,23,25,27,32). The molecule has 2 aromatic rings. The van der Waals surface area contributed by atoms with Gasteiger partial charge in [0.05, 0.1) is 6.61 Å². The maximum absolute atomic E-state index is 14.6. The van der Waals surface area contributed by atoms with E-state index < -0.39 is 51.2 Å². The van der Waals surface area contributed by atoms with Gasteiger partial charge in [0.25, 0.3) is 12.5 Å². The molecule has 0 spiro atoms. The fourth-order valence-corrected chi connectivity index (χ4v) is 5.33. The Labute approximate surface area is 189 Å². The lowest BCUT2D eigenvalue weighted by Crippen LogP contribution is -2.34. The molecule has 1 saturated heterocycles. The largest absolute Gasteiger partial charge is 0.368 e. The van der Waals surface area contributed by atoms with Gasteiger partial charge in [-0.15, -0.1) is 0 Å². The Balaban J connectivity index is 1.63. The monoisotopic (exact) mass is 506 g/mol. The smallest absolute Gasteiger partial charge is 0.351 e. The van der Waals surface area contributed by atoms with Gasteiger partial charge in [-0.3, -0.25) is 14.4 Å². The van der Waals surface area contributed by atoms with Gasteiger partial charge in [0.2, 0.25) is 6.23 Å². The van der Waals surface area contributed by atoms with Gasteiger partial charge in [0, 0.05) is 17.8 Å². The first kappa shape index (κ1) is 24.8. The molecule has 0 aliphatic carbocycles. The lowest BCUT2D eigenvalue weighted by Gasteiger charge is -2.20. The van der Waals surface area contributed by atoms with Gasteiger partial charge in [0.15, 0.2) is 0 Å². The summed E-state index contributed by atoms with van der Waals surface area (Å²) in [5.74, 6) is -1.53. The normalized spacial score (nSPS) is 22.6. The van der Waals surface area contributed by atoms with Gasteiger partial charge >= 0.3 is 11.4 Å². The first-order chi connectivity index (χ1) is 15.0. The number of rotatable bonds is 8. The minimum atomic E-state index is -3.81. The molecular weight excluding hydrogens is 484 g/mol. The molecule has 1 aliphatic rings. The molecule has 0 saturated carbocycles. The molecule has 3 N–H and O–H groups in total. The van der Waals surface area contributed by atoms with Crippen LogP contribution in [0.2, 0.25) is 0 Å². The van der Waals surface area contributed by atoms with Crippen molar-refractivity contribution in [1.82, 2.24) is 14.6 Å². The van der Waals surface area contributed by atoms with Crippen LogP contribution < -0.4 is 16.1 Å². The quantitative estimate of drug-likeness (QED) is 0.469. The van der Waals surface area contributed by atoms with E-state index in [4.69, 9.17) is 21.1 Å². The number of hydrogen-bond donors (Lipinski definition) is 3. The fourth-order valence-electron chi connectivity index (χ4n) is 2.83. The summed E-state index contributed by atoms with van der Waals surface area (Å²) in [5.41, 5.74) is -4.00. The van der Waals surface area contributed by atoms with E-state index >= 15 is 0 Å². The minimum Gasteiger partial charge on any atom is -0.368 e. The van der Waals surface area contributed by atoms with Gasteiger partial charge in [-0.25, -0.2) is 4.79 Å². The number of aromatic nitrogens is 2. The number of ether oxygens (including phenoxy) is 1. The molecule has 3 rings (SSSR count). The van der Waals surface area contributed by atoms with E-state index in [9.17, 15) is 23.3 Å².